The first-order chi connectivity index (χ1) is 9.15. The lowest BCUT2D eigenvalue weighted by Gasteiger charge is -2.15. The highest BCUT2D eigenvalue weighted by Crippen LogP contribution is 2.18. The summed E-state index contributed by atoms with van der Waals surface area (Å²) in [6.45, 7) is 2.29. The van der Waals surface area contributed by atoms with Crippen LogP contribution in [-0.4, -0.2) is 28.1 Å². The molecule has 0 bridgehead atoms. The Hall–Kier alpha value is -1.47. The fraction of sp³-hybridized carbons (Fsp3) is 0.250. The SMILES string of the molecule is C[C@H](CNC(=O)c1csnn1)Oc1cccc(Br)c1. The molecule has 1 heterocycles. The number of nitrogens with one attached hydrogen (secondary N) is 1. The molecule has 0 aliphatic carbocycles. The predicted octanol–water partition coefficient (Wildman–Crippen LogP) is 2.50. The van der Waals surface area contributed by atoms with Crippen LogP contribution in [0.2, 0.25) is 0 Å². The van der Waals surface area contributed by atoms with Crippen molar-refractivity contribution in [2.24, 2.45) is 0 Å². The second-order valence-corrected chi connectivity index (χ2v) is 5.41. The third kappa shape index (κ3) is 4.29. The topological polar surface area (TPSA) is 64.1 Å². The lowest BCUT2D eigenvalue weighted by Crippen LogP contribution is -2.33. The highest BCUT2D eigenvalue weighted by molar-refractivity contribution is 9.10. The van der Waals surface area contributed by atoms with Gasteiger partial charge in [-0.3, -0.25) is 4.79 Å². The Balaban J connectivity index is 1.82. The van der Waals surface area contributed by atoms with Crippen molar-refractivity contribution >= 4 is 33.4 Å². The summed E-state index contributed by atoms with van der Waals surface area (Å²) in [7, 11) is 0. The summed E-state index contributed by atoms with van der Waals surface area (Å²) in [6, 6.07) is 7.57. The number of benzene rings is 1. The molecule has 0 unspecified atom stereocenters. The number of nitrogens with zero attached hydrogens (tertiary/aromatic N) is 2. The molecule has 7 heteroatoms. The molecule has 0 saturated carbocycles. The second kappa shape index (κ2) is 6.63. The van der Waals surface area contributed by atoms with Crippen molar-refractivity contribution in [1.82, 2.24) is 14.9 Å². The van der Waals surface area contributed by atoms with Crippen LogP contribution in [0.1, 0.15) is 17.4 Å². The van der Waals surface area contributed by atoms with E-state index < -0.39 is 0 Å². The minimum absolute atomic E-state index is 0.134. The lowest BCUT2D eigenvalue weighted by atomic mass is 10.3. The van der Waals surface area contributed by atoms with Gasteiger partial charge in [-0.05, 0) is 36.7 Å². The first kappa shape index (κ1) is 14.0. The van der Waals surface area contributed by atoms with Gasteiger partial charge >= 0.3 is 0 Å². The standard InChI is InChI=1S/C12H12BrN3O2S/c1-8(18-10-4-2-3-9(13)5-10)6-14-12(17)11-7-19-16-15-11/h2-5,7-8H,6H2,1H3,(H,14,17)/t8-/m1/s1. The molecule has 100 valence electrons. The van der Waals surface area contributed by atoms with Gasteiger partial charge in [0.15, 0.2) is 5.69 Å². The summed E-state index contributed by atoms with van der Waals surface area (Å²) in [4.78, 5) is 11.6. The van der Waals surface area contributed by atoms with Gasteiger partial charge in [0.1, 0.15) is 11.9 Å². The summed E-state index contributed by atoms with van der Waals surface area (Å²) in [5.41, 5.74) is 0.333. The fourth-order valence-corrected chi connectivity index (χ4v) is 2.22. The molecular weight excluding hydrogens is 330 g/mol. The molecule has 0 aliphatic rings. The minimum Gasteiger partial charge on any atom is -0.489 e. The Morgan fingerprint density at radius 3 is 3.11 bits per heavy atom. The molecule has 0 radical (unpaired) electrons. The molecule has 0 aliphatic heterocycles. The summed E-state index contributed by atoms with van der Waals surface area (Å²) in [5, 5.41) is 8.05. The van der Waals surface area contributed by atoms with E-state index in [4.69, 9.17) is 4.74 Å². The number of ether oxygens (including phenoxy) is 1. The van der Waals surface area contributed by atoms with E-state index in [0.29, 0.717) is 12.2 Å². The molecule has 0 saturated heterocycles. The Morgan fingerprint density at radius 1 is 1.58 bits per heavy atom. The first-order valence-corrected chi connectivity index (χ1v) is 7.25. The number of hydrogen-bond donors (Lipinski definition) is 1. The maximum Gasteiger partial charge on any atom is 0.272 e. The molecule has 1 amide bonds. The number of hydrogen-bond acceptors (Lipinski definition) is 5. The minimum atomic E-state index is -0.238. The second-order valence-electron chi connectivity index (χ2n) is 3.89. The van der Waals surface area contributed by atoms with Gasteiger partial charge in [0.2, 0.25) is 0 Å². The molecule has 1 N–H and O–H groups in total. The van der Waals surface area contributed by atoms with Crippen LogP contribution >= 0.6 is 27.5 Å². The summed E-state index contributed by atoms with van der Waals surface area (Å²) >= 11 is 4.52. The third-order valence-electron chi connectivity index (χ3n) is 2.28. The number of amides is 1. The molecule has 0 spiro atoms. The number of halogens is 1. The van der Waals surface area contributed by atoms with E-state index in [0.717, 1.165) is 21.8 Å². The van der Waals surface area contributed by atoms with E-state index >= 15 is 0 Å². The zero-order valence-corrected chi connectivity index (χ0v) is 12.6. The Kier molecular flexibility index (Phi) is 4.86. The van der Waals surface area contributed by atoms with E-state index in [9.17, 15) is 4.79 Å². The Bertz CT molecular complexity index is 548. The van der Waals surface area contributed by atoms with Crippen LogP contribution in [0, 0.1) is 0 Å². The van der Waals surface area contributed by atoms with Gasteiger partial charge in [-0.2, -0.15) is 0 Å². The third-order valence-corrected chi connectivity index (χ3v) is 3.27. The van der Waals surface area contributed by atoms with Crippen LogP contribution in [0.5, 0.6) is 5.75 Å². The maximum absolute atomic E-state index is 11.6. The van der Waals surface area contributed by atoms with Crippen LogP contribution in [-0.2, 0) is 0 Å². The maximum atomic E-state index is 11.6. The zero-order valence-electron chi connectivity index (χ0n) is 10.2. The molecule has 1 aromatic heterocycles. The van der Waals surface area contributed by atoms with Crippen LogP contribution < -0.4 is 10.1 Å². The van der Waals surface area contributed by atoms with Crippen molar-refractivity contribution in [2.75, 3.05) is 6.54 Å². The van der Waals surface area contributed by atoms with E-state index in [-0.39, 0.29) is 12.0 Å². The average molecular weight is 342 g/mol. The summed E-state index contributed by atoms with van der Waals surface area (Å²) < 4.78 is 10.3. The zero-order chi connectivity index (χ0) is 13.7. The highest BCUT2D eigenvalue weighted by Gasteiger charge is 2.11. The van der Waals surface area contributed by atoms with Gasteiger partial charge < -0.3 is 10.1 Å². The van der Waals surface area contributed by atoms with Gasteiger partial charge in [0.25, 0.3) is 5.91 Å². The first-order valence-electron chi connectivity index (χ1n) is 5.62. The number of carbonyl (C=O) groups excluding carboxylic acids is 1. The quantitative estimate of drug-likeness (QED) is 0.907. The largest absolute Gasteiger partial charge is 0.489 e. The lowest BCUT2D eigenvalue weighted by molar-refractivity contribution is 0.0927. The molecule has 1 aromatic carbocycles. The van der Waals surface area contributed by atoms with Gasteiger partial charge in [0.05, 0.1) is 6.54 Å². The smallest absolute Gasteiger partial charge is 0.272 e. The Morgan fingerprint density at radius 2 is 2.42 bits per heavy atom. The van der Waals surface area contributed by atoms with Crippen molar-refractivity contribution in [3.8, 4) is 5.75 Å². The molecule has 19 heavy (non-hydrogen) atoms. The van der Waals surface area contributed by atoms with Crippen molar-refractivity contribution in [1.29, 1.82) is 0 Å². The van der Waals surface area contributed by atoms with Crippen molar-refractivity contribution in [2.45, 2.75) is 13.0 Å². The molecular formula is C12H12BrN3O2S. The van der Waals surface area contributed by atoms with Crippen molar-refractivity contribution in [3.05, 3.63) is 39.8 Å². The van der Waals surface area contributed by atoms with E-state index in [1.807, 2.05) is 31.2 Å². The Labute approximate surface area is 123 Å². The number of aromatic nitrogens is 2. The number of rotatable bonds is 5. The van der Waals surface area contributed by atoms with E-state index in [1.54, 1.807) is 5.38 Å². The molecule has 5 nitrogen and oxygen atoms in total. The monoisotopic (exact) mass is 341 g/mol. The fourth-order valence-electron chi connectivity index (χ4n) is 1.40. The van der Waals surface area contributed by atoms with Crippen LogP contribution in [0.25, 0.3) is 0 Å². The highest BCUT2D eigenvalue weighted by atomic mass is 79.9. The van der Waals surface area contributed by atoms with Gasteiger partial charge in [-0.1, -0.05) is 26.5 Å². The van der Waals surface area contributed by atoms with Crippen LogP contribution in [0.15, 0.2) is 34.1 Å². The van der Waals surface area contributed by atoms with Crippen LogP contribution in [0.3, 0.4) is 0 Å². The molecule has 2 aromatic rings. The van der Waals surface area contributed by atoms with E-state index in [1.165, 1.54) is 0 Å². The number of carbonyl (C=O) groups is 1. The van der Waals surface area contributed by atoms with Crippen molar-refractivity contribution in [3.63, 3.8) is 0 Å². The normalized spacial score (nSPS) is 11.9. The molecule has 1 atom stereocenters. The average Bonchev–Trinajstić information content (AvgIpc) is 2.90. The van der Waals surface area contributed by atoms with Gasteiger partial charge in [0, 0.05) is 9.85 Å². The van der Waals surface area contributed by atoms with Crippen LogP contribution in [0.4, 0.5) is 0 Å². The summed E-state index contributed by atoms with van der Waals surface area (Å²) in [6.07, 6.45) is -0.134. The van der Waals surface area contributed by atoms with Gasteiger partial charge in [-0.25, -0.2) is 0 Å². The van der Waals surface area contributed by atoms with Crippen molar-refractivity contribution < 1.29 is 9.53 Å². The molecule has 2 rings (SSSR count). The summed E-state index contributed by atoms with van der Waals surface area (Å²) in [5.74, 6) is 0.518. The molecule has 0 fully saturated rings. The predicted molar refractivity (Wildman–Crippen MR) is 76.5 cm³/mol. The van der Waals surface area contributed by atoms with E-state index in [2.05, 4.69) is 30.8 Å². The van der Waals surface area contributed by atoms with Gasteiger partial charge in [-0.15, -0.1) is 5.10 Å².